The number of nitrogens with zero attached hydrogens (tertiary/aromatic N) is 2. The van der Waals surface area contributed by atoms with E-state index in [4.69, 9.17) is 11.6 Å². The minimum Gasteiger partial charge on any atom is -0.453 e. The molecule has 9 heteroatoms. The highest BCUT2D eigenvalue weighted by molar-refractivity contribution is 6.31. The second-order valence-electron chi connectivity index (χ2n) is 7.33. The quantitative estimate of drug-likeness (QED) is 0.562. The summed E-state index contributed by atoms with van der Waals surface area (Å²) in [6.07, 6.45) is 2.65. The van der Waals surface area contributed by atoms with Gasteiger partial charge in [-0.3, -0.25) is 10.1 Å². The smallest absolute Gasteiger partial charge is 0.411 e. The Labute approximate surface area is 183 Å². The summed E-state index contributed by atoms with van der Waals surface area (Å²) in [5.74, 6) is -0.791. The van der Waals surface area contributed by atoms with Crippen molar-refractivity contribution in [2.45, 2.75) is 25.7 Å². The number of amides is 2. The van der Waals surface area contributed by atoms with Crippen molar-refractivity contribution < 1.29 is 18.7 Å². The molecule has 2 N–H and O–H groups in total. The van der Waals surface area contributed by atoms with Crippen molar-refractivity contribution >= 4 is 35.0 Å². The van der Waals surface area contributed by atoms with E-state index in [1.165, 1.54) is 25.4 Å². The predicted octanol–water partition coefficient (Wildman–Crippen LogP) is 5.28. The minimum absolute atomic E-state index is 0.0999. The molecule has 1 aliphatic carbocycles. The second-order valence-corrected chi connectivity index (χ2v) is 7.74. The normalized spacial score (nSPS) is 13.0. The fourth-order valence-electron chi connectivity index (χ4n) is 3.26. The van der Waals surface area contributed by atoms with Crippen LogP contribution in [0.2, 0.25) is 5.02 Å². The van der Waals surface area contributed by atoms with Crippen LogP contribution in [0.5, 0.6) is 0 Å². The van der Waals surface area contributed by atoms with Crippen molar-refractivity contribution in [3.8, 4) is 5.69 Å². The van der Waals surface area contributed by atoms with Crippen LogP contribution in [-0.2, 0) is 4.74 Å². The lowest BCUT2D eigenvalue weighted by atomic mass is 10.1. The van der Waals surface area contributed by atoms with Gasteiger partial charge in [0, 0.05) is 16.6 Å². The molecular formula is C22H20ClFN4O3. The van der Waals surface area contributed by atoms with Gasteiger partial charge >= 0.3 is 6.09 Å². The van der Waals surface area contributed by atoms with E-state index >= 15 is 0 Å². The van der Waals surface area contributed by atoms with E-state index in [0.29, 0.717) is 16.3 Å². The molecule has 1 aromatic heterocycles. The summed E-state index contributed by atoms with van der Waals surface area (Å²) in [5, 5.41) is 10.1. The lowest BCUT2D eigenvalue weighted by Gasteiger charge is -2.11. The molecule has 0 unspecified atom stereocenters. The van der Waals surface area contributed by atoms with Crippen LogP contribution in [0.1, 0.15) is 40.4 Å². The van der Waals surface area contributed by atoms with Gasteiger partial charge in [-0.05, 0) is 55.7 Å². The Bertz CT molecular complexity index is 1170. The predicted molar refractivity (Wildman–Crippen MR) is 116 cm³/mol. The highest BCUT2D eigenvalue weighted by atomic mass is 35.5. The molecule has 2 aromatic carbocycles. The van der Waals surface area contributed by atoms with Crippen molar-refractivity contribution in [1.82, 2.24) is 9.78 Å². The third-order valence-corrected chi connectivity index (χ3v) is 5.47. The summed E-state index contributed by atoms with van der Waals surface area (Å²) in [4.78, 5) is 24.4. The minimum atomic E-state index is -0.809. The van der Waals surface area contributed by atoms with E-state index in [2.05, 4.69) is 20.5 Å². The number of halogens is 2. The van der Waals surface area contributed by atoms with Gasteiger partial charge in [0.2, 0.25) is 0 Å². The molecule has 1 saturated carbocycles. The first-order valence-corrected chi connectivity index (χ1v) is 10.1. The highest BCUT2D eigenvalue weighted by Gasteiger charge is 2.33. The molecule has 0 atom stereocenters. The standard InChI is InChI=1S/C22H20ClFN4O3/c1-12-3-7-15(10-17(12)23)28-20(13-4-5-13)16(11-25-28)21(29)26-14-6-8-18(24)19(9-14)27-22(30)31-2/h3,6-11,13H,4-5H2,1-2H3,(H,26,29)(H,27,30). The number of hydrogen-bond donors (Lipinski definition) is 2. The van der Waals surface area contributed by atoms with E-state index in [0.717, 1.165) is 35.9 Å². The maximum absolute atomic E-state index is 13.9. The summed E-state index contributed by atoms with van der Waals surface area (Å²) in [7, 11) is 1.18. The monoisotopic (exact) mass is 442 g/mol. The Hall–Kier alpha value is -3.39. The number of aryl methyl sites for hydroxylation is 1. The zero-order valence-corrected chi connectivity index (χ0v) is 17.7. The van der Waals surface area contributed by atoms with Gasteiger partial charge in [0.1, 0.15) is 5.82 Å². The number of carbonyl (C=O) groups is 2. The van der Waals surface area contributed by atoms with Crippen molar-refractivity contribution in [2.75, 3.05) is 17.7 Å². The average molecular weight is 443 g/mol. The maximum atomic E-state index is 13.9. The summed E-state index contributed by atoms with van der Waals surface area (Å²) in [5.41, 5.74) is 3.21. The van der Waals surface area contributed by atoms with Gasteiger partial charge in [-0.1, -0.05) is 17.7 Å². The molecule has 2 amide bonds. The number of hydrogen-bond acceptors (Lipinski definition) is 4. The summed E-state index contributed by atoms with van der Waals surface area (Å²) in [6.45, 7) is 1.92. The fraction of sp³-hybridized carbons (Fsp3) is 0.227. The zero-order chi connectivity index (χ0) is 22.1. The highest BCUT2D eigenvalue weighted by Crippen LogP contribution is 2.43. The van der Waals surface area contributed by atoms with Gasteiger partial charge in [0.15, 0.2) is 0 Å². The number of methoxy groups -OCH3 is 1. The average Bonchev–Trinajstić information content (AvgIpc) is 3.50. The summed E-state index contributed by atoms with van der Waals surface area (Å²) in [6, 6.07) is 9.53. The number of carbonyl (C=O) groups excluding carboxylic acids is 2. The van der Waals surface area contributed by atoms with Crippen LogP contribution in [0.25, 0.3) is 5.69 Å². The molecule has 31 heavy (non-hydrogen) atoms. The Balaban J connectivity index is 1.62. The molecule has 1 fully saturated rings. The van der Waals surface area contributed by atoms with E-state index in [9.17, 15) is 14.0 Å². The third-order valence-electron chi connectivity index (χ3n) is 5.06. The van der Waals surface area contributed by atoms with Crippen LogP contribution < -0.4 is 10.6 Å². The lowest BCUT2D eigenvalue weighted by molar-refractivity contribution is 0.102. The van der Waals surface area contributed by atoms with Gasteiger partial charge in [0.25, 0.3) is 5.91 Å². The Morgan fingerprint density at radius 3 is 2.65 bits per heavy atom. The molecule has 7 nitrogen and oxygen atoms in total. The third kappa shape index (κ3) is 4.39. The summed E-state index contributed by atoms with van der Waals surface area (Å²) < 4.78 is 20.2. The number of aromatic nitrogens is 2. The Morgan fingerprint density at radius 2 is 1.97 bits per heavy atom. The van der Waals surface area contributed by atoms with Crippen molar-refractivity contribution in [3.05, 3.63) is 70.3 Å². The van der Waals surface area contributed by atoms with Crippen LogP contribution in [0.15, 0.2) is 42.6 Å². The van der Waals surface area contributed by atoms with Crippen LogP contribution in [0.3, 0.4) is 0 Å². The van der Waals surface area contributed by atoms with Gasteiger partial charge in [0.05, 0.1) is 35.9 Å². The first kappa shape index (κ1) is 20.9. The maximum Gasteiger partial charge on any atom is 0.411 e. The Morgan fingerprint density at radius 1 is 1.19 bits per heavy atom. The molecule has 0 bridgehead atoms. The molecule has 1 aliphatic rings. The molecule has 0 spiro atoms. The first-order valence-electron chi connectivity index (χ1n) is 9.67. The van der Waals surface area contributed by atoms with Crippen LogP contribution in [-0.4, -0.2) is 28.9 Å². The fourth-order valence-corrected chi connectivity index (χ4v) is 3.43. The van der Waals surface area contributed by atoms with E-state index in [1.54, 1.807) is 4.68 Å². The van der Waals surface area contributed by atoms with Gasteiger partial charge in [-0.25, -0.2) is 13.9 Å². The first-order chi connectivity index (χ1) is 14.9. The molecule has 0 saturated heterocycles. The van der Waals surface area contributed by atoms with Crippen LogP contribution in [0, 0.1) is 12.7 Å². The molecule has 0 radical (unpaired) electrons. The molecule has 1 heterocycles. The van der Waals surface area contributed by atoms with E-state index < -0.39 is 11.9 Å². The van der Waals surface area contributed by atoms with Gasteiger partial charge in [-0.2, -0.15) is 5.10 Å². The molecule has 160 valence electrons. The topological polar surface area (TPSA) is 85.2 Å². The van der Waals surface area contributed by atoms with Gasteiger partial charge < -0.3 is 10.1 Å². The summed E-state index contributed by atoms with van der Waals surface area (Å²) >= 11 is 6.27. The van der Waals surface area contributed by atoms with Gasteiger partial charge in [-0.15, -0.1) is 0 Å². The second kappa shape index (κ2) is 8.39. The van der Waals surface area contributed by atoms with E-state index in [-0.39, 0.29) is 17.5 Å². The Kier molecular flexibility index (Phi) is 5.65. The number of rotatable bonds is 5. The molecule has 0 aliphatic heterocycles. The van der Waals surface area contributed by atoms with Crippen LogP contribution >= 0.6 is 11.6 Å². The molecular weight excluding hydrogens is 423 g/mol. The number of nitrogens with one attached hydrogen (secondary N) is 2. The molecule has 4 rings (SSSR count). The van der Waals surface area contributed by atoms with Crippen molar-refractivity contribution in [3.63, 3.8) is 0 Å². The molecule has 3 aromatic rings. The zero-order valence-electron chi connectivity index (χ0n) is 16.9. The number of benzene rings is 2. The van der Waals surface area contributed by atoms with Crippen molar-refractivity contribution in [2.24, 2.45) is 0 Å². The lowest BCUT2D eigenvalue weighted by Crippen LogP contribution is -2.16. The van der Waals surface area contributed by atoms with E-state index in [1.807, 2.05) is 25.1 Å². The number of ether oxygens (including phenoxy) is 1. The van der Waals surface area contributed by atoms with Crippen molar-refractivity contribution in [1.29, 1.82) is 0 Å². The van der Waals surface area contributed by atoms with Crippen LogP contribution in [0.4, 0.5) is 20.6 Å². The largest absolute Gasteiger partial charge is 0.453 e. The SMILES string of the molecule is COC(=O)Nc1cc(NC(=O)c2cnn(-c3ccc(C)c(Cl)c3)c2C2CC2)ccc1F. The number of anilines is 2.